The lowest BCUT2D eigenvalue weighted by Crippen LogP contribution is -2.16. The minimum absolute atomic E-state index is 0.148. The van der Waals surface area contributed by atoms with Crippen molar-refractivity contribution in [2.24, 2.45) is 0 Å². The smallest absolute Gasteiger partial charge is 0.340 e. The van der Waals surface area contributed by atoms with E-state index in [2.05, 4.69) is 0 Å². The summed E-state index contributed by atoms with van der Waals surface area (Å²) in [7, 11) is 0. The third-order valence-corrected chi connectivity index (χ3v) is 2.85. The number of benzene rings is 1. The maximum absolute atomic E-state index is 11.8. The van der Waals surface area contributed by atoms with Crippen molar-refractivity contribution < 1.29 is 9.53 Å². The van der Waals surface area contributed by atoms with Crippen LogP contribution in [-0.4, -0.2) is 12.1 Å². The van der Waals surface area contributed by atoms with Gasteiger partial charge in [-0.15, -0.1) is 0 Å². The number of ether oxygens (including phenoxy) is 1. The van der Waals surface area contributed by atoms with E-state index in [1.54, 1.807) is 0 Å². The monoisotopic (exact) mass is 275 g/mol. The molecule has 2 N–H and O–H groups in total. The Hall–Kier alpha value is -0.930. The van der Waals surface area contributed by atoms with Crippen LogP contribution in [0, 0.1) is 0 Å². The van der Waals surface area contributed by atoms with Crippen LogP contribution in [-0.2, 0) is 4.74 Å². The van der Waals surface area contributed by atoms with E-state index in [1.165, 1.54) is 12.1 Å². The molecule has 0 amide bonds. The summed E-state index contributed by atoms with van der Waals surface area (Å²) in [5.41, 5.74) is 6.12. The van der Waals surface area contributed by atoms with Crippen LogP contribution in [0.3, 0.4) is 0 Å². The fourth-order valence-electron chi connectivity index (χ4n) is 1.47. The highest BCUT2D eigenvalue weighted by molar-refractivity contribution is 6.37. The van der Waals surface area contributed by atoms with Gasteiger partial charge in [-0.3, -0.25) is 0 Å². The second-order valence-corrected chi connectivity index (χ2v) is 4.70. The van der Waals surface area contributed by atoms with Gasteiger partial charge in [0.25, 0.3) is 0 Å². The number of halogens is 2. The first-order valence-corrected chi connectivity index (χ1v) is 6.16. The van der Waals surface area contributed by atoms with Crippen LogP contribution in [0.5, 0.6) is 0 Å². The third kappa shape index (κ3) is 3.79. The molecule has 0 heterocycles. The summed E-state index contributed by atoms with van der Waals surface area (Å²) in [6.07, 6.45) is 1.60. The highest BCUT2D eigenvalue weighted by Crippen LogP contribution is 2.28. The molecule has 1 unspecified atom stereocenters. The van der Waals surface area contributed by atoms with Crippen LogP contribution in [0.25, 0.3) is 0 Å². The number of nitrogen functional groups attached to an aromatic ring is 1. The molecule has 1 rings (SSSR count). The van der Waals surface area contributed by atoms with Crippen molar-refractivity contribution >= 4 is 34.9 Å². The molecule has 1 aromatic rings. The Labute approximate surface area is 111 Å². The van der Waals surface area contributed by atoms with Gasteiger partial charge in [-0.25, -0.2) is 4.79 Å². The molecule has 0 spiro atoms. The molecule has 0 bridgehead atoms. The van der Waals surface area contributed by atoms with E-state index in [-0.39, 0.29) is 22.4 Å². The van der Waals surface area contributed by atoms with E-state index in [0.717, 1.165) is 12.8 Å². The molecular formula is C12H15Cl2NO2. The number of rotatable bonds is 4. The van der Waals surface area contributed by atoms with Gasteiger partial charge in [0.15, 0.2) is 0 Å². The van der Waals surface area contributed by atoms with E-state index in [1.807, 2.05) is 13.8 Å². The number of carbonyl (C=O) groups excluding carboxylic acids is 1. The minimum Gasteiger partial charge on any atom is -0.459 e. The zero-order valence-corrected chi connectivity index (χ0v) is 11.3. The molecule has 17 heavy (non-hydrogen) atoms. The fraction of sp³-hybridized carbons (Fsp3) is 0.417. The van der Waals surface area contributed by atoms with Crippen molar-refractivity contribution in [2.75, 3.05) is 5.73 Å². The maximum atomic E-state index is 11.8. The average Bonchev–Trinajstić information content (AvgIpc) is 2.23. The summed E-state index contributed by atoms with van der Waals surface area (Å²) in [6.45, 7) is 3.86. The second-order valence-electron chi connectivity index (χ2n) is 3.85. The van der Waals surface area contributed by atoms with Gasteiger partial charge < -0.3 is 10.5 Å². The first-order valence-electron chi connectivity index (χ1n) is 5.41. The molecule has 0 saturated carbocycles. The maximum Gasteiger partial charge on any atom is 0.340 e. The summed E-state index contributed by atoms with van der Waals surface area (Å²) in [5, 5.41) is 0.617. The summed E-state index contributed by atoms with van der Waals surface area (Å²) in [4.78, 5) is 11.8. The number of nitrogens with two attached hydrogens (primary N) is 1. The van der Waals surface area contributed by atoms with Crippen molar-refractivity contribution in [3.8, 4) is 0 Å². The number of hydrogen-bond donors (Lipinski definition) is 1. The van der Waals surface area contributed by atoms with Crippen LogP contribution in [0.15, 0.2) is 12.1 Å². The summed E-state index contributed by atoms with van der Waals surface area (Å²) in [5.74, 6) is -0.493. The molecular weight excluding hydrogens is 261 g/mol. The lowest BCUT2D eigenvalue weighted by Gasteiger charge is -2.13. The predicted molar refractivity (Wildman–Crippen MR) is 70.7 cm³/mol. The Morgan fingerprint density at radius 3 is 2.71 bits per heavy atom. The standard InChI is InChI=1S/C12H15Cl2NO2/c1-3-4-7(2)17-12(16)9-5-8(13)6-10(14)11(9)15/h5-7H,3-4,15H2,1-2H3. The Balaban J connectivity index is 2.89. The predicted octanol–water partition coefficient (Wildman–Crippen LogP) is 3.92. The van der Waals surface area contributed by atoms with Gasteiger partial charge >= 0.3 is 5.97 Å². The zero-order valence-electron chi connectivity index (χ0n) is 9.80. The zero-order chi connectivity index (χ0) is 13.0. The summed E-state index contributed by atoms with van der Waals surface area (Å²) >= 11 is 11.7. The normalized spacial score (nSPS) is 12.2. The molecule has 1 aromatic carbocycles. The van der Waals surface area contributed by atoms with Crippen molar-refractivity contribution in [1.29, 1.82) is 0 Å². The van der Waals surface area contributed by atoms with Crippen LogP contribution in [0.4, 0.5) is 5.69 Å². The van der Waals surface area contributed by atoms with Gasteiger partial charge in [0.1, 0.15) is 0 Å². The third-order valence-electron chi connectivity index (χ3n) is 2.32. The Morgan fingerprint density at radius 1 is 1.47 bits per heavy atom. The Kier molecular flexibility index (Phi) is 5.09. The van der Waals surface area contributed by atoms with Crippen molar-refractivity contribution in [2.45, 2.75) is 32.8 Å². The van der Waals surface area contributed by atoms with Crippen LogP contribution in [0.2, 0.25) is 10.0 Å². The molecule has 0 radical (unpaired) electrons. The van der Waals surface area contributed by atoms with E-state index in [4.69, 9.17) is 33.7 Å². The lowest BCUT2D eigenvalue weighted by molar-refractivity contribution is 0.0325. The van der Waals surface area contributed by atoms with Gasteiger partial charge in [-0.2, -0.15) is 0 Å². The highest BCUT2D eigenvalue weighted by atomic mass is 35.5. The van der Waals surface area contributed by atoms with Gasteiger partial charge in [0, 0.05) is 5.02 Å². The van der Waals surface area contributed by atoms with Crippen LogP contribution < -0.4 is 5.73 Å². The average molecular weight is 276 g/mol. The number of esters is 1. The molecule has 94 valence electrons. The Bertz CT molecular complexity index is 421. The SMILES string of the molecule is CCCC(C)OC(=O)c1cc(Cl)cc(Cl)c1N. The first-order chi connectivity index (χ1) is 7.95. The quantitative estimate of drug-likeness (QED) is 0.669. The number of carbonyl (C=O) groups is 1. The highest BCUT2D eigenvalue weighted by Gasteiger charge is 2.17. The molecule has 1 atom stereocenters. The van der Waals surface area contributed by atoms with Crippen molar-refractivity contribution in [3.05, 3.63) is 27.7 Å². The molecule has 0 aliphatic rings. The van der Waals surface area contributed by atoms with Gasteiger partial charge in [0.05, 0.1) is 22.4 Å². The molecule has 0 saturated heterocycles. The molecule has 5 heteroatoms. The lowest BCUT2D eigenvalue weighted by atomic mass is 10.1. The van der Waals surface area contributed by atoms with Gasteiger partial charge in [-0.05, 0) is 25.5 Å². The number of hydrogen-bond acceptors (Lipinski definition) is 3. The summed E-state index contributed by atoms with van der Waals surface area (Å²) < 4.78 is 5.23. The molecule has 0 fully saturated rings. The van der Waals surface area contributed by atoms with E-state index >= 15 is 0 Å². The van der Waals surface area contributed by atoms with Gasteiger partial charge in [-0.1, -0.05) is 36.5 Å². The largest absolute Gasteiger partial charge is 0.459 e. The van der Waals surface area contributed by atoms with E-state index < -0.39 is 5.97 Å². The van der Waals surface area contributed by atoms with Crippen molar-refractivity contribution in [3.63, 3.8) is 0 Å². The van der Waals surface area contributed by atoms with Crippen LogP contribution in [0.1, 0.15) is 37.0 Å². The Morgan fingerprint density at radius 2 is 2.12 bits per heavy atom. The van der Waals surface area contributed by atoms with Gasteiger partial charge in [0.2, 0.25) is 0 Å². The number of anilines is 1. The van der Waals surface area contributed by atoms with Crippen molar-refractivity contribution in [1.82, 2.24) is 0 Å². The summed E-state index contributed by atoms with van der Waals surface area (Å²) in [6, 6.07) is 2.95. The molecule has 0 aliphatic heterocycles. The van der Waals surface area contributed by atoms with E-state index in [9.17, 15) is 4.79 Å². The molecule has 3 nitrogen and oxygen atoms in total. The second kappa shape index (κ2) is 6.12. The van der Waals surface area contributed by atoms with Crippen LogP contribution >= 0.6 is 23.2 Å². The molecule has 0 aromatic heterocycles. The first kappa shape index (κ1) is 14.1. The molecule has 0 aliphatic carbocycles. The minimum atomic E-state index is -0.493. The fourth-order valence-corrected chi connectivity index (χ4v) is 1.96. The topological polar surface area (TPSA) is 52.3 Å². The van der Waals surface area contributed by atoms with E-state index in [0.29, 0.717) is 5.02 Å².